The van der Waals surface area contributed by atoms with Crippen LogP contribution in [0.5, 0.6) is 0 Å². The first-order valence-corrected chi connectivity index (χ1v) is 10.2. The molecule has 0 aromatic rings. The van der Waals surface area contributed by atoms with Crippen molar-refractivity contribution in [2.45, 2.75) is 77.9 Å². The van der Waals surface area contributed by atoms with Gasteiger partial charge in [0.25, 0.3) is 0 Å². The molecule has 1 N–H and O–H groups in total. The van der Waals surface area contributed by atoms with E-state index in [2.05, 4.69) is 19.9 Å². The molecule has 4 rings (SSSR count). The van der Waals surface area contributed by atoms with Crippen LogP contribution in [0.25, 0.3) is 0 Å². The van der Waals surface area contributed by atoms with Crippen molar-refractivity contribution in [1.82, 2.24) is 0 Å². The Bertz CT molecular complexity index is 610. The van der Waals surface area contributed by atoms with E-state index in [1.165, 1.54) is 24.8 Å². The van der Waals surface area contributed by atoms with E-state index in [-0.39, 0.29) is 16.7 Å². The van der Waals surface area contributed by atoms with E-state index in [4.69, 9.17) is 4.74 Å². The lowest BCUT2D eigenvalue weighted by atomic mass is 9.47. The number of hydrogen-bond acceptors (Lipinski definition) is 3. The molecule has 3 saturated carbocycles. The number of carbonyl (C=O) groups excluding carboxylic acids is 1. The zero-order chi connectivity index (χ0) is 18.0. The normalized spacial score (nSPS) is 52.0. The number of Topliss-reactive ketones (excluding diaryl/α,β-unsaturated/α-hetero) is 1. The van der Waals surface area contributed by atoms with E-state index in [1.54, 1.807) is 14.0 Å². The van der Waals surface area contributed by atoms with Crippen LogP contribution in [0.15, 0.2) is 11.6 Å². The Hall–Kier alpha value is -0.670. The van der Waals surface area contributed by atoms with Gasteiger partial charge in [-0.3, -0.25) is 4.79 Å². The van der Waals surface area contributed by atoms with Gasteiger partial charge in [0.15, 0.2) is 5.79 Å². The van der Waals surface area contributed by atoms with Crippen molar-refractivity contribution in [3.8, 4) is 0 Å². The minimum atomic E-state index is -0.964. The van der Waals surface area contributed by atoms with Crippen molar-refractivity contribution in [2.24, 2.45) is 34.5 Å². The highest BCUT2D eigenvalue weighted by atomic mass is 16.6. The molecule has 140 valence electrons. The Labute approximate surface area is 152 Å². The smallest absolute Gasteiger partial charge is 0.168 e. The molecule has 0 aliphatic heterocycles. The van der Waals surface area contributed by atoms with Gasteiger partial charge in [-0.15, -0.1) is 0 Å². The molecule has 0 spiro atoms. The van der Waals surface area contributed by atoms with E-state index in [0.717, 1.165) is 25.7 Å². The maximum Gasteiger partial charge on any atom is 0.168 e. The van der Waals surface area contributed by atoms with Crippen LogP contribution in [-0.2, 0) is 9.53 Å². The summed E-state index contributed by atoms with van der Waals surface area (Å²) in [7, 11) is 1.63. The largest absolute Gasteiger partial charge is 0.365 e. The van der Waals surface area contributed by atoms with Crippen LogP contribution in [0.1, 0.15) is 72.1 Å². The molecule has 0 amide bonds. The summed E-state index contributed by atoms with van der Waals surface area (Å²) in [5.41, 5.74) is 1.86. The van der Waals surface area contributed by atoms with Crippen molar-refractivity contribution in [3.05, 3.63) is 11.6 Å². The third-order valence-corrected chi connectivity index (χ3v) is 9.00. The Morgan fingerprint density at radius 3 is 2.60 bits per heavy atom. The van der Waals surface area contributed by atoms with Gasteiger partial charge in [0, 0.05) is 25.9 Å². The lowest BCUT2D eigenvalue weighted by Crippen LogP contribution is -2.52. The first-order chi connectivity index (χ1) is 11.7. The lowest BCUT2D eigenvalue weighted by Gasteiger charge is -2.58. The first-order valence-electron chi connectivity index (χ1n) is 10.2. The molecule has 3 nitrogen and oxygen atoms in total. The second-order valence-electron chi connectivity index (χ2n) is 9.87. The summed E-state index contributed by atoms with van der Waals surface area (Å²) in [5, 5.41) is 10.6. The second kappa shape index (κ2) is 5.66. The molecule has 0 heterocycles. The van der Waals surface area contributed by atoms with Gasteiger partial charge in [0.05, 0.1) is 0 Å². The van der Waals surface area contributed by atoms with Crippen LogP contribution in [-0.4, -0.2) is 23.8 Å². The third kappa shape index (κ3) is 2.41. The summed E-state index contributed by atoms with van der Waals surface area (Å²) >= 11 is 0. The maximum atomic E-state index is 12.2. The molecule has 7 atom stereocenters. The highest BCUT2D eigenvalue weighted by Gasteiger charge is 2.60. The molecule has 3 unspecified atom stereocenters. The number of hydrogen-bond donors (Lipinski definition) is 1. The van der Waals surface area contributed by atoms with Crippen molar-refractivity contribution in [3.63, 3.8) is 0 Å². The van der Waals surface area contributed by atoms with E-state index in [0.29, 0.717) is 30.0 Å². The van der Waals surface area contributed by atoms with Gasteiger partial charge in [0.2, 0.25) is 0 Å². The Balaban J connectivity index is 1.64. The predicted molar refractivity (Wildman–Crippen MR) is 97.8 cm³/mol. The molecular formula is C22H34O3. The third-order valence-electron chi connectivity index (χ3n) is 9.00. The summed E-state index contributed by atoms with van der Waals surface area (Å²) in [4.78, 5) is 12.2. The summed E-state index contributed by atoms with van der Waals surface area (Å²) in [5.74, 6) is 1.83. The fourth-order valence-corrected chi connectivity index (χ4v) is 7.46. The zero-order valence-corrected chi connectivity index (χ0v) is 16.3. The molecule has 0 radical (unpaired) electrons. The molecule has 4 aliphatic rings. The first kappa shape index (κ1) is 17.7. The second-order valence-corrected chi connectivity index (χ2v) is 9.87. The van der Waals surface area contributed by atoms with E-state index in [1.807, 2.05) is 0 Å². The number of ketones is 1. The average molecular weight is 347 g/mol. The molecule has 0 aromatic heterocycles. The Morgan fingerprint density at radius 2 is 1.92 bits per heavy atom. The van der Waals surface area contributed by atoms with Crippen molar-refractivity contribution >= 4 is 5.78 Å². The topological polar surface area (TPSA) is 46.5 Å². The van der Waals surface area contributed by atoms with Crippen LogP contribution >= 0.6 is 0 Å². The number of aliphatic hydroxyl groups is 1. The Kier molecular flexibility index (Phi) is 4.01. The Morgan fingerprint density at radius 1 is 1.16 bits per heavy atom. The molecule has 3 heteroatoms. The maximum absolute atomic E-state index is 12.2. The molecule has 3 fully saturated rings. The van der Waals surface area contributed by atoms with Gasteiger partial charge in [-0.1, -0.05) is 25.5 Å². The van der Waals surface area contributed by atoms with Crippen molar-refractivity contribution in [2.75, 3.05) is 7.11 Å². The van der Waals surface area contributed by atoms with Gasteiger partial charge in [-0.2, -0.15) is 0 Å². The molecular weight excluding hydrogens is 312 g/mol. The SMILES string of the molecule is CO[C@@]1(O)CC[C@@]2(C)C(=CCC3C2CC[C@@]2(C)C3CC[C@@H]2C(C)=O)C1. The fourth-order valence-electron chi connectivity index (χ4n) is 7.46. The van der Waals surface area contributed by atoms with Gasteiger partial charge in [0.1, 0.15) is 5.78 Å². The highest BCUT2D eigenvalue weighted by molar-refractivity contribution is 5.79. The number of carbonyl (C=O) groups is 1. The fraction of sp³-hybridized carbons (Fsp3) is 0.864. The van der Waals surface area contributed by atoms with Gasteiger partial charge in [-0.05, 0) is 74.0 Å². The summed E-state index contributed by atoms with van der Waals surface area (Å²) < 4.78 is 5.41. The van der Waals surface area contributed by atoms with Crippen LogP contribution in [0, 0.1) is 34.5 Å². The molecule has 0 bridgehead atoms. The number of methoxy groups -OCH3 is 1. The van der Waals surface area contributed by atoms with Crippen LogP contribution in [0.4, 0.5) is 0 Å². The predicted octanol–water partition coefficient (Wildman–Crippen LogP) is 4.49. The molecule has 0 aromatic carbocycles. The summed E-state index contributed by atoms with van der Waals surface area (Å²) in [6, 6.07) is 0. The molecule has 4 aliphatic carbocycles. The van der Waals surface area contributed by atoms with Gasteiger partial charge in [-0.25, -0.2) is 0 Å². The van der Waals surface area contributed by atoms with E-state index >= 15 is 0 Å². The summed E-state index contributed by atoms with van der Waals surface area (Å²) in [6.45, 7) is 6.64. The van der Waals surface area contributed by atoms with E-state index < -0.39 is 5.79 Å². The van der Waals surface area contributed by atoms with Gasteiger partial charge >= 0.3 is 0 Å². The monoisotopic (exact) mass is 346 g/mol. The average Bonchev–Trinajstić information content (AvgIpc) is 2.93. The van der Waals surface area contributed by atoms with Crippen molar-refractivity contribution in [1.29, 1.82) is 0 Å². The van der Waals surface area contributed by atoms with Crippen molar-refractivity contribution < 1.29 is 14.6 Å². The minimum Gasteiger partial charge on any atom is -0.365 e. The highest BCUT2D eigenvalue weighted by Crippen LogP contribution is 2.66. The standard InChI is InChI=1S/C22H34O3/c1-14(23)17-7-8-18-16-6-5-15-13-22(24,25-4)12-11-20(15,2)19(16)9-10-21(17,18)3/h5,16-19,24H,6-13H2,1-4H3/t16?,17-,18?,19?,20+,21-,22+/m1/s1. The minimum absolute atomic E-state index is 0.212. The molecule has 25 heavy (non-hydrogen) atoms. The summed E-state index contributed by atoms with van der Waals surface area (Å²) in [6.07, 6.45) is 10.7. The van der Waals surface area contributed by atoms with Crippen LogP contribution in [0.2, 0.25) is 0 Å². The van der Waals surface area contributed by atoms with E-state index in [9.17, 15) is 9.90 Å². The van der Waals surface area contributed by atoms with Crippen LogP contribution < -0.4 is 0 Å². The van der Waals surface area contributed by atoms with Gasteiger partial charge < -0.3 is 9.84 Å². The lowest BCUT2D eigenvalue weighted by molar-refractivity contribution is -0.209. The zero-order valence-electron chi connectivity index (χ0n) is 16.3. The number of ether oxygens (including phenoxy) is 1. The number of allylic oxidation sites excluding steroid dienone is 1. The molecule has 0 saturated heterocycles. The van der Waals surface area contributed by atoms with Crippen LogP contribution in [0.3, 0.4) is 0 Å². The number of rotatable bonds is 2. The quantitative estimate of drug-likeness (QED) is 0.592. The number of fused-ring (bicyclic) bond motifs is 5.